The number of hydrogen-bond acceptors (Lipinski definition) is 3. The Bertz CT molecular complexity index is 313. The second-order valence-electron chi connectivity index (χ2n) is 3.05. The predicted octanol–water partition coefficient (Wildman–Crippen LogP) is 0.0306. The lowest BCUT2D eigenvalue weighted by atomic mass is 10.4. The molecule has 0 amide bonds. The molecule has 5 nitrogen and oxygen atoms in total. The summed E-state index contributed by atoms with van der Waals surface area (Å²) in [5.74, 6) is 0. The minimum Gasteiger partial charge on any atom is -0.383 e. The molecule has 84 valence electrons. The van der Waals surface area contributed by atoms with Gasteiger partial charge in [0.05, 0.1) is 18.8 Å². The molecule has 1 heterocycles. The van der Waals surface area contributed by atoms with Crippen molar-refractivity contribution in [2.75, 3.05) is 20.3 Å². The van der Waals surface area contributed by atoms with Gasteiger partial charge < -0.3 is 15.4 Å². The number of methoxy groups -OCH3 is 1. The van der Waals surface area contributed by atoms with Gasteiger partial charge in [-0.2, -0.15) is 5.10 Å². The first-order chi connectivity index (χ1) is 7.24. The minimum atomic E-state index is 0.633. The molecule has 0 fully saturated rings. The van der Waals surface area contributed by atoms with E-state index in [1.54, 1.807) is 13.3 Å². The van der Waals surface area contributed by atoms with E-state index in [-0.39, 0.29) is 0 Å². The van der Waals surface area contributed by atoms with Crippen molar-refractivity contribution in [2.45, 2.75) is 6.54 Å². The molecule has 0 unspecified atom stereocenters. The van der Waals surface area contributed by atoms with Crippen molar-refractivity contribution in [1.29, 1.82) is 0 Å². The highest BCUT2D eigenvalue weighted by atomic mass is 32.1. The fourth-order valence-electron chi connectivity index (χ4n) is 1.07. The van der Waals surface area contributed by atoms with Crippen LogP contribution in [-0.2, 0) is 18.3 Å². The van der Waals surface area contributed by atoms with Gasteiger partial charge >= 0.3 is 0 Å². The molecular formula is C9H16N4OS. The SMILES string of the molecule is COCCNC(=S)NCc1ccnn1C. The van der Waals surface area contributed by atoms with Gasteiger partial charge in [-0.15, -0.1) is 0 Å². The normalized spacial score (nSPS) is 10.0. The van der Waals surface area contributed by atoms with Crippen LogP contribution in [0.2, 0.25) is 0 Å². The lowest BCUT2D eigenvalue weighted by Crippen LogP contribution is -2.36. The molecule has 0 spiro atoms. The Morgan fingerprint density at radius 3 is 3.00 bits per heavy atom. The van der Waals surface area contributed by atoms with Crippen LogP contribution in [0.3, 0.4) is 0 Å². The molecule has 0 aliphatic rings. The van der Waals surface area contributed by atoms with Crippen LogP contribution in [0.25, 0.3) is 0 Å². The Kier molecular flexibility index (Phi) is 5.06. The fraction of sp³-hybridized carbons (Fsp3) is 0.556. The van der Waals surface area contributed by atoms with E-state index in [9.17, 15) is 0 Å². The summed E-state index contributed by atoms with van der Waals surface area (Å²) in [6, 6.07) is 1.95. The molecule has 0 aliphatic carbocycles. The van der Waals surface area contributed by atoms with Gasteiger partial charge in [-0.1, -0.05) is 0 Å². The molecule has 1 aromatic rings. The average molecular weight is 228 g/mol. The van der Waals surface area contributed by atoms with Crippen molar-refractivity contribution in [3.63, 3.8) is 0 Å². The van der Waals surface area contributed by atoms with Crippen LogP contribution in [-0.4, -0.2) is 35.2 Å². The van der Waals surface area contributed by atoms with Gasteiger partial charge in [-0.25, -0.2) is 0 Å². The van der Waals surface area contributed by atoms with Gasteiger partial charge in [-0.05, 0) is 18.3 Å². The molecule has 0 aliphatic heterocycles. The van der Waals surface area contributed by atoms with Gasteiger partial charge in [0.15, 0.2) is 5.11 Å². The van der Waals surface area contributed by atoms with Crippen molar-refractivity contribution in [1.82, 2.24) is 20.4 Å². The molecular weight excluding hydrogens is 212 g/mol. The average Bonchev–Trinajstić information content (AvgIpc) is 2.61. The lowest BCUT2D eigenvalue weighted by molar-refractivity contribution is 0.204. The number of thiocarbonyl (C=S) groups is 1. The number of nitrogens with one attached hydrogen (secondary N) is 2. The summed E-state index contributed by atoms with van der Waals surface area (Å²) in [5.41, 5.74) is 1.09. The Balaban J connectivity index is 2.20. The zero-order valence-electron chi connectivity index (χ0n) is 8.99. The maximum atomic E-state index is 5.08. The fourth-order valence-corrected chi connectivity index (χ4v) is 1.25. The maximum Gasteiger partial charge on any atom is 0.166 e. The topological polar surface area (TPSA) is 51.1 Å². The number of aromatic nitrogens is 2. The summed E-state index contributed by atoms with van der Waals surface area (Å²) >= 11 is 5.08. The highest BCUT2D eigenvalue weighted by Crippen LogP contribution is 1.94. The molecule has 1 aromatic heterocycles. The number of ether oxygens (including phenoxy) is 1. The second-order valence-corrected chi connectivity index (χ2v) is 3.46. The van der Waals surface area contributed by atoms with Gasteiger partial charge in [0.1, 0.15) is 0 Å². The van der Waals surface area contributed by atoms with Crippen molar-refractivity contribution < 1.29 is 4.74 Å². The van der Waals surface area contributed by atoms with Crippen molar-refractivity contribution in [3.8, 4) is 0 Å². The standard InChI is InChI=1S/C9H16N4OS/c1-13-8(3-4-12-13)7-11-9(15)10-5-6-14-2/h3-4H,5-7H2,1-2H3,(H2,10,11,15). The number of nitrogens with zero attached hydrogens (tertiary/aromatic N) is 2. The zero-order chi connectivity index (χ0) is 11.1. The Hall–Kier alpha value is -1.14. The van der Waals surface area contributed by atoms with E-state index >= 15 is 0 Å². The van der Waals surface area contributed by atoms with Crippen LogP contribution in [0.15, 0.2) is 12.3 Å². The summed E-state index contributed by atoms with van der Waals surface area (Å²) in [6.45, 7) is 2.04. The van der Waals surface area contributed by atoms with Crippen LogP contribution in [0.1, 0.15) is 5.69 Å². The van der Waals surface area contributed by atoms with Crippen molar-refractivity contribution >= 4 is 17.3 Å². The van der Waals surface area contributed by atoms with Crippen LogP contribution in [0.4, 0.5) is 0 Å². The summed E-state index contributed by atoms with van der Waals surface area (Å²) in [7, 11) is 3.56. The van der Waals surface area contributed by atoms with E-state index in [2.05, 4.69) is 15.7 Å². The minimum absolute atomic E-state index is 0.633. The van der Waals surface area contributed by atoms with Gasteiger partial charge in [0, 0.05) is 26.9 Å². The maximum absolute atomic E-state index is 5.08. The van der Waals surface area contributed by atoms with E-state index in [0.29, 0.717) is 24.8 Å². The van der Waals surface area contributed by atoms with Gasteiger partial charge in [0.25, 0.3) is 0 Å². The molecule has 6 heteroatoms. The predicted molar refractivity (Wildman–Crippen MR) is 62.5 cm³/mol. The largest absolute Gasteiger partial charge is 0.383 e. The number of rotatable bonds is 5. The quantitative estimate of drug-likeness (QED) is 0.550. The van der Waals surface area contributed by atoms with Crippen LogP contribution in [0.5, 0.6) is 0 Å². The first-order valence-corrected chi connectivity index (χ1v) is 5.12. The van der Waals surface area contributed by atoms with E-state index in [0.717, 1.165) is 5.69 Å². The molecule has 1 rings (SSSR count). The van der Waals surface area contributed by atoms with Crippen LogP contribution >= 0.6 is 12.2 Å². The van der Waals surface area contributed by atoms with E-state index in [1.165, 1.54) is 0 Å². The Morgan fingerprint density at radius 2 is 2.40 bits per heavy atom. The third-order valence-corrected chi connectivity index (χ3v) is 2.23. The summed E-state index contributed by atoms with van der Waals surface area (Å²) < 4.78 is 6.71. The monoisotopic (exact) mass is 228 g/mol. The molecule has 2 N–H and O–H groups in total. The molecule has 0 aromatic carbocycles. The molecule has 0 atom stereocenters. The summed E-state index contributed by atoms with van der Waals surface area (Å²) in [4.78, 5) is 0. The van der Waals surface area contributed by atoms with Gasteiger partial charge in [-0.3, -0.25) is 4.68 Å². The van der Waals surface area contributed by atoms with Crippen molar-refractivity contribution in [2.24, 2.45) is 7.05 Å². The van der Waals surface area contributed by atoms with Gasteiger partial charge in [0.2, 0.25) is 0 Å². The second kappa shape index (κ2) is 6.36. The van der Waals surface area contributed by atoms with E-state index < -0.39 is 0 Å². The number of hydrogen-bond donors (Lipinski definition) is 2. The Morgan fingerprint density at radius 1 is 1.60 bits per heavy atom. The molecule has 0 saturated carbocycles. The highest BCUT2D eigenvalue weighted by Gasteiger charge is 1.99. The molecule has 0 bridgehead atoms. The number of aryl methyl sites for hydroxylation is 1. The third kappa shape index (κ3) is 4.26. The zero-order valence-corrected chi connectivity index (χ0v) is 9.80. The smallest absolute Gasteiger partial charge is 0.166 e. The van der Waals surface area contributed by atoms with Crippen LogP contribution in [0, 0.1) is 0 Å². The lowest BCUT2D eigenvalue weighted by Gasteiger charge is -2.09. The Labute approximate surface area is 94.8 Å². The summed E-state index contributed by atoms with van der Waals surface area (Å²) in [6.07, 6.45) is 1.76. The molecule has 15 heavy (non-hydrogen) atoms. The van der Waals surface area contributed by atoms with E-state index in [4.69, 9.17) is 17.0 Å². The molecule has 0 radical (unpaired) electrons. The first-order valence-electron chi connectivity index (χ1n) is 4.71. The van der Waals surface area contributed by atoms with E-state index in [1.807, 2.05) is 17.8 Å². The highest BCUT2D eigenvalue weighted by molar-refractivity contribution is 7.80. The first kappa shape index (κ1) is 11.9. The molecule has 0 saturated heterocycles. The van der Waals surface area contributed by atoms with Crippen molar-refractivity contribution in [3.05, 3.63) is 18.0 Å². The van der Waals surface area contributed by atoms with Crippen LogP contribution < -0.4 is 10.6 Å². The summed E-state index contributed by atoms with van der Waals surface area (Å²) in [5, 5.41) is 10.8. The third-order valence-electron chi connectivity index (χ3n) is 1.94.